The fraction of sp³-hybridized carbons (Fsp3) is 0.154. The molecule has 0 aliphatic rings. The van der Waals surface area contributed by atoms with Gasteiger partial charge in [-0.15, -0.1) is 0 Å². The van der Waals surface area contributed by atoms with E-state index in [9.17, 15) is 0 Å². The predicted molar refractivity (Wildman–Crippen MR) is 77.2 cm³/mol. The van der Waals surface area contributed by atoms with Crippen LogP contribution in [-0.4, -0.2) is 12.0 Å². The average molecular weight is 282 g/mol. The molecule has 0 unspecified atom stereocenters. The number of rotatable bonds is 3. The zero-order chi connectivity index (χ0) is 13.1. The van der Waals surface area contributed by atoms with Gasteiger partial charge in [0.1, 0.15) is 5.82 Å². The van der Waals surface area contributed by atoms with E-state index in [2.05, 4.69) is 4.98 Å². The predicted octanol–water partition coefficient (Wildman–Crippen LogP) is 3.61. The maximum atomic E-state index is 6.11. The van der Waals surface area contributed by atoms with Crippen molar-refractivity contribution in [1.29, 1.82) is 0 Å². The third kappa shape index (κ3) is 3.06. The molecule has 0 saturated heterocycles. The SMILES string of the molecule is CN(Cc1cccc(N)c1)c1ncc(Cl)cc1Cl. The van der Waals surface area contributed by atoms with E-state index >= 15 is 0 Å². The monoisotopic (exact) mass is 281 g/mol. The highest BCUT2D eigenvalue weighted by Gasteiger charge is 2.09. The van der Waals surface area contributed by atoms with Crippen molar-refractivity contribution in [3.63, 3.8) is 0 Å². The van der Waals surface area contributed by atoms with Crippen LogP contribution < -0.4 is 10.6 Å². The first-order chi connectivity index (χ1) is 8.56. The van der Waals surface area contributed by atoms with Crippen LogP contribution in [0.5, 0.6) is 0 Å². The molecule has 0 amide bonds. The van der Waals surface area contributed by atoms with Crippen LogP contribution >= 0.6 is 23.2 Å². The standard InChI is InChI=1S/C13H13Cl2N3/c1-18(8-9-3-2-4-11(16)5-9)13-12(15)6-10(14)7-17-13/h2-7H,8,16H2,1H3. The lowest BCUT2D eigenvalue weighted by Crippen LogP contribution is -2.18. The first kappa shape index (κ1) is 13.0. The molecule has 0 bridgehead atoms. The van der Waals surface area contributed by atoms with Crippen molar-refractivity contribution < 1.29 is 0 Å². The van der Waals surface area contributed by atoms with E-state index in [0.717, 1.165) is 11.3 Å². The lowest BCUT2D eigenvalue weighted by Gasteiger charge is -2.19. The smallest absolute Gasteiger partial charge is 0.147 e. The summed E-state index contributed by atoms with van der Waals surface area (Å²) in [5, 5.41) is 1.06. The van der Waals surface area contributed by atoms with Gasteiger partial charge in [-0.25, -0.2) is 4.98 Å². The Bertz CT molecular complexity index is 558. The number of nitrogen functional groups attached to an aromatic ring is 1. The Morgan fingerprint density at radius 3 is 2.72 bits per heavy atom. The third-order valence-corrected chi connectivity index (χ3v) is 3.01. The molecule has 1 aromatic carbocycles. The fourth-order valence-corrected chi connectivity index (χ4v) is 2.25. The lowest BCUT2D eigenvalue weighted by molar-refractivity contribution is 0.899. The second-order valence-corrected chi connectivity index (χ2v) is 4.90. The van der Waals surface area contributed by atoms with Gasteiger partial charge >= 0.3 is 0 Å². The first-order valence-electron chi connectivity index (χ1n) is 5.43. The molecule has 1 aromatic heterocycles. The second-order valence-electron chi connectivity index (χ2n) is 4.06. The molecule has 1 heterocycles. The number of benzene rings is 1. The molecule has 0 fully saturated rings. The van der Waals surface area contributed by atoms with Gasteiger partial charge in [-0.1, -0.05) is 35.3 Å². The average Bonchev–Trinajstić information content (AvgIpc) is 2.28. The molecule has 18 heavy (non-hydrogen) atoms. The Balaban J connectivity index is 2.19. The van der Waals surface area contributed by atoms with Crippen LogP contribution in [0.4, 0.5) is 11.5 Å². The van der Waals surface area contributed by atoms with Crippen LogP contribution in [0.3, 0.4) is 0 Å². The van der Waals surface area contributed by atoms with Crippen molar-refractivity contribution in [3.8, 4) is 0 Å². The molecule has 0 radical (unpaired) electrons. The van der Waals surface area contributed by atoms with Crippen molar-refractivity contribution in [1.82, 2.24) is 4.98 Å². The van der Waals surface area contributed by atoms with Crippen LogP contribution in [0.25, 0.3) is 0 Å². The summed E-state index contributed by atoms with van der Waals surface area (Å²) in [7, 11) is 1.92. The summed E-state index contributed by atoms with van der Waals surface area (Å²) < 4.78 is 0. The molecule has 0 atom stereocenters. The Morgan fingerprint density at radius 2 is 2.06 bits per heavy atom. The van der Waals surface area contributed by atoms with E-state index in [1.807, 2.05) is 36.2 Å². The molecule has 94 valence electrons. The first-order valence-corrected chi connectivity index (χ1v) is 6.18. The van der Waals surface area contributed by atoms with Gasteiger partial charge in [0.25, 0.3) is 0 Å². The van der Waals surface area contributed by atoms with Gasteiger partial charge in [0.15, 0.2) is 0 Å². The van der Waals surface area contributed by atoms with E-state index in [0.29, 0.717) is 22.4 Å². The summed E-state index contributed by atoms with van der Waals surface area (Å²) in [5.74, 6) is 0.698. The van der Waals surface area contributed by atoms with Crippen molar-refractivity contribution in [2.75, 3.05) is 17.7 Å². The number of aromatic nitrogens is 1. The van der Waals surface area contributed by atoms with Gasteiger partial charge in [-0.2, -0.15) is 0 Å². The molecule has 0 aliphatic carbocycles. The Morgan fingerprint density at radius 1 is 1.28 bits per heavy atom. The summed E-state index contributed by atoms with van der Waals surface area (Å²) in [4.78, 5) is 6.18. The zero-order valence-electron chi connectivity index (χ0n) is 9.90. The summed E-state index contributed by atoms with van der Waals surface area (Å²) in [5.41, 5.74) is 7.59. The van der Waals surface area contributed by atoms with Crippen LogP contribution in [-0.2, 0) is 6.54 Å². The number of anilines is 2. The molecule has 0 spiro atoms. The maximum Gasteiger partial charge on any atom is 0.147 e. The number of nitrogens with zero attached hydrogens (tertiary/aromatic N) is 2. The van der Waals surface area contributed by atoms with Crippen LogP contribution in [0, 0.1) is 0 Å². The van der Waals surface area contributed by atoms with Gasteiger partial charge in [0, 0.05) is 25.5 Å². The highest BCUT2D eigenvalue weighted by atomic mass is 35.5. The highest BCUT2D eigenvalue weighted by molar-refractivity contribution is 6.35. The fourth-order valence-electron chi connectivity index (χ4n) is 1.73. The number of halogens is 2. The van der Waals surface area contributed by atoms with Crippen LogP contribution in [0.15, 0.2) is 36.5 Å². The van der Waals surface area contributed by atoms with Gasteiger partial charge in [0.2, 0.25) is 0 Å². The number of hydrogen-bond donors (Lipinski definition) is 1. The number of pyridine rings is 1. The van der Waals surface area contributed by atoms with Crippen molar-refractivity contribution >= 4 is 34.7 Å². The Labute approximate surface area is 116 Å². The maximum absolute atomic E-state index is 6.11. The Kier molecular flexibility index (Phi) is 3.94. The van der Waals surface area contributed by atoms with E-state index in [1.165, 1.54) is 0 Å². The molecule has 0 saturated carbocycles. The third-order valence-electron chi connectivity index (χ3n) is 2.52. The normalized spacial score (nSPS) is 10.4. The van der Waals surface area contributed by atoms with Crippen molar-refractivity contribution in [2.45, 2.75) is 6.54 Å². The zero-order valence-corrected chi connectivity index (χ0v) is 11.4. The number of hydrogen-bond acceptors (Lipinski definition) is 3. The summed E-state index contributed by atoms with van der Waals surface area (Å²) in [6, 6.07) is 9.41. The molecule has 3 nitrogen and oxygen atoms in total. The summed E-state index contributed by atoms with van der Waals surface area (Å²) in [6.45, 7) is 0.680. The molecule has 2 N–H and O–H groups in total. The minimum Gasteiger partial charge on any atom is -0.399 e. The van der Waals surface area contributed by atoms with Gasteiger partial charge in [-0.3, -0.25) is 0 Å². The van der Waals surface area contributed by atoms with Gasteiger partial charge in [-0.05, 0) is 23.8 Å². The molecule has 0 aliphatic heterocycles. The van der Waals surface area contributed by atoms with E-state index < -0.39 is 0 Å². The number of nitrogens with two attached hydrogens (primary N) is 1. The second kappa shape index (κ2) is 5.46. The van der Waals surface area contributed by atoms with Crippen molar-refractivity contribution in [2.24, 2.45) is 0 Å². The van der Waals surface area contributed by atoms with Gasteiger partial charge < -0.3 is 10.6 Å². The van der Waals surface area contributed by atoms with E-state index in [4.69, 9.17) is 28.9 Å². The molecular weight excluding hydrogens is 269 g/mol. The van der Waals surface area contributed by atoms with E-state index in [1.54, 1.807) is 12.3 Å². The Hall–Kier alpha value is -1.45. The molecular formula is C13H13Cl2N3. The molecule has 2 rings (SSSR count). The minimum absolute atomic E-state index is 0.529. The van der Waals surface area contributed by atoms with E-state index in [-0.39, 0.29) is 0 Å². The van der Waals surface area contributed by atoms with Gasteiger partial charge in [0.05, 0.1) is 10.0 Å². The molecule has 5 heteroatoms. The topological polar surface area (TPSA) is 42.1 Å². The quantitative estimate of drug-likeness (QED) is 0.874. The van der Waals surface area contributed by atoms with Crippen LogP contribution in [0.1, 0.15) is 5.56 Å². The summed E-state index contributed by atoms with van der Waals surface area (Å²) >= 11 is 11.9. The van der Waals surface area contributed by atoms with Crippen LogP contribution in [0.2, 0.25) is 10.0 Å². The minimum atomic E-state index is 0.529. The highest BCUT2D eigenvalue weighted by Crippen LogP contribution is 2.26. The van der Waals surface area contributed by atoms with Crippen molar-refractivity contribution in [3.05, 3.63) is 52.1 Å². The molecule has 2 aromatic rings. The lowest BCUT2D eigenvalue weighted by atomic mass is 10.2. The summed E-state index contributed by atoms with van der Waals surface area (Å²) in [6.07, 6.45) is 1.58. The largest absolute Gasteiger partial charge is 0.399 e.